The van der Waals surface area contributed by atoms with Crippen LogP contribution in [0.15, 0.2) is 24.3 Å². The number of phenols is 1. The molecule has 1 amide bonds. The summed E-state index contributed by atoms with van der Waals surface area (Å²) in [6, 6.07) is 6.69. The summed E-state index contributed by atoms with van der Waals surface area (Å²) in [5.41, 5.74) is 0.610. The minimum atomic E-state index is -0.618. The first-order valence-electron chi connectivity index (χ1n) is 4.52. The van der Waals surface area contributed by atoms with Crippen LogP contribution in [0.4, 0.5) is 4.79 Å². The summed E-state index contributed by atoms with van der Waals surface area (Å²) in [4.78, 5) is 11.0. The highest BCUT2D eigenvalue weighted by atomic mass is 16.6. The van der Waals surface area contributed by atoms with Crippen LogP contribution in [-0.2, 0) is 11.3 Å². The topological polar surface area (TPSA) is 78.8 Å². The fourth-order valence-corrected chi connectivity index (χ4v) is 1.02. The van der Waals surface area contributed by atoms with Crippen LogP contribution in [0.2, 0.25) is 0 Å². The number of nitrogens with one attached hydrogen (secondary N) is 1. The van der Waals surface area contributed by atoms with Crippen molar-refractivity contribution in [3.05, 3.63) is 29.8 Å². The molecule has 82 valence electrons. The lowest BCUT2D eigenvalue weighted by Crippen LogP contribution is -2.24. The first-order valence-corrected chi connectivity index (χ1v) is 4.52. The molecule has 0 radical (unpaired) electrons. The van der Waals surface area contributed by atoms with Crippen LogP contribution in [-0.4, -0.2) is 29.5 Å². The number of phenolic OH excluding ortho intramolecular Hbond substituents is 1. The molecule has 3 N–H and O–H groups in total. The number of alkyl carbamates (subject to hydrolysis) is 1. The number of carbonyl (C=O) groups is 1. The van der Waals surface area contributed by atoms with E-state index in [1.54, 1.807) is 18.2 Å². The number of amides is 1. The molecule has 1 aromatic carbocycles. The monoisotopic (exact) mass is 211 g/mol. The Balaban J connectivity index is 2.37. The minimum absolute atomic E-state index is 0.0351. The Morgan fingerprint density at radius 2 is 2.13 bits per heavy atom. The van der Waals surface area contributed by atoms with Crippen LogP contribution in [0.25, 0.3) is 0 Å². The number of benzene rings is 1. The Bertz CT molecular complexity index is 327. The first-order chi connectivity index (χ1) is 7.24. The SMILES string of the molecule is O=C(NCc1ccccc1O)OCCO. The van der Waals surface area contributed by atoms with Crippen molar-refractivity contribution in [3.63, 3.8) is 0 Å². The Morgan fingerprint density at radius 1 is 1.40 bits per heavy atom. The van der Waals surface area contributed by atoms with E-state index in [9.17, 15) is 9.90 Å². The van der Waals surface area contributed by atoms with Crippen LogP contribution in [0, 0.1) is 0 Å². The molecule has 1 rings (SSSR count). The smallest absolute Gasteiger partial charge is 0.407 e. The van der Waals surface area contributed by atoms with Crippen LogP contribution >= 0.6 is 0 Å². The third-order valence-electron chi connectivity index (χ3n) is 1.74. The maximum atomic E-state index is 11.0. The second-order valence-electron chi connectivity index (χ2n) is 2.84. The summed E-state index contributed by atoms with van der Waals surface area (Å²) in [6.07, 6.45) is -0.618. The summed E-state index contributed by atoms with van der Waals surface area (Å²) in [5, 5.41) is 20.2. The van der Waals surface area contributed by atoms with Gasteiger partial charge in [0.15, 0.2) is 0 Å². The quantitative estimate of drug-likeness (QED) is 0.681. The predicted octanol–water partition coefficient (Wildman–Crippen LogP) is 0.611. The molecule has 0 unspecified atom stereocenters. The molecule has 1 aromatic rings. The van der Waals surface area contributed by atoms with Gasteiger partial charge in [0.25, 0.3) is 0 Å². The van der Waals surface area contributed by atoms with Gasteiger partial charge >= 0.3 is 6.09 Å². The average Bonchev–Trinajstić information content (AvgIpc) is 2.25. The van der Waals surface area contributed by atoms with Gasteiger partial charge in [0, 0.05) is 12.1 Å². The van der Waals surface area contributed by atoms with Crippen molar-refractivity contribution in [3.8, 4) is 5.75 Å². The van der Waals surface area contributed by atoms with Gasteiger partial charge in [-0.1, -0.05) is 18.2 Å². The Labute approximate surface area is 87.3 Å². The van der Waals surface area contributed by atoms with E-state index in [1.807, 2.05) is 0 Å². The molecule has 0 saturated carbocycles. The van der Waals surface area contributed by atoms with Crippen molar-refractivity contribution in [1.29, 1.82) is 0 Å². The van der Waals surface area contributed by atoms with Crippen molar-refractivity contribution in [2.45, 2.75) is 6.54 Å². The summed E-state index contributed by atoms with van der Waals surface area (Å²) < 4.78 is 4.57. The summed E-state index contributed by atoms with van der Waals surface area (Å²) >= 11 is 0. The van der Waals surface area contributed by atoms with Crippen molar-refractivity contribution in [1.82, 2.24) is 5.32 Å². The van der Waals surface area contributed by atoms with Gasteiger partial charge in [0.1, 0.15) is 12.4 Å². The Hall–Kier alpha value is -1.75. The van der Waals surface area contributed by atoms with Gasteiger partial charge in [-0.05, 0) is 6.07 Å². The van der Waals surface area contributed by atoms with Crippen LogP contribution in [0.1, 0.15) is 5.56 Å². The van der Waals surface area contributed by atoms with Crippen molar-refractivity contribution in [2.24, 2.45) is 0 Å². The van der Waals surface area contributed by atoms with E-state index >= 15 is 0 Å². The molecule has 5 nitrogen and oxygen atoms in total. The molecule has 0 aromatic heterocycles. The third-order valence-corrected chi connectivity index (χ3v) is 1.74. The van der Waals surface area contributed by atoms with Crippen molar-refractivity contribution < 1.29 is 19.7 Å². The molecule has 0 spiro atoms. The number of para-hydroxylation sites is 1. The average molecular weight is 211 g/mol. The number of hydrogen-bond acceptors (Lipinski definition) is 4. The highest BCUT2D eigenvalue weighted by molar-refractivity contribution is 5.67. The molecule has 15 heavy (non-hydrogen) atoms. The van der Waals surface area contributed by atoms with Gasteiger partial charge in [-0.25, -0.2) is 4.79 Å². The second kappa shape index (κ2) is 5.87. The fraction of sp³-hybridized carbons (Fsp3) is 0.300. The molecule has 0 aliphatic carbocycles. The summed E-state index contributed by atoms with van der Waals surface area (Å²) in [6.45, 7) is -0.0481. The summed E-state index contributed by atoms with van der Waals surface area (Å²) in [7, 11) is 0. The molecule has 0 bridgehead atoms. The lowest BCUT2D eigenvalue weighted by Gasteiger charge is -2.06. The largest absolute Gasteiger partial charge is 0.508 e. The zero-order valence-corrected chi connectivity index (χ0v) is 8.14. The number of aliphatic hydroxyl groups excluding tert-OH is 1. The molecule has 0 atom stereocenters. The van der Waals surface area contributed by atoms with E-state index < -0.39 is 6.09 Å². The van der Waals surface area contributed by atoms with E-state index in [0.717, 1.165) is 0 Å². The molecule has 0 fully saturated rings. The predicted molar refractivity (Wildman–Crippen MR) is 53.4 cm³/mol. The highest BCUT2D eigenvalue weighted by Crippen LogP contribution is 2.14. The van der Waals surface area contributed by atoms with E-state index in [0.29, 0.717) is 5.56 Å². The molecule has 0 aliphatic rings. The number of rotatable bonds is 4. The van der Waals surface area contributed by atoms with Crippen LogP contribution < -0.4 is 5.32 Å². The zero-order valence-electron chi connectivity index (χ0n) is 8.14. The Morgan fingerprint density at radius 3 is 2.80 bits per heavy atom. The minimum Gasteiger partial charge on any atom is -0.508 e. The number of hydrogen-bond donors (Lipinski definition) is 3. The lowest BCUT2D eigenvalue weighted by atomic mass is 10.2. The molecule has 0 saturated heterocycles. The fourth-order valence-electron chi connectivity index (χ4n) is 1.02. The number of ether oxygens (including phenoxy) is 1. The zero-order chi connectivity index (χ0) is 11.1. The highest BCUT2D eigenvalue weighted by Gasteiger charge is 2.03. The molecule has 5 heteroatoms. The molecular formula is C10H13NO4. The number of aliphatic hydroxyl groups is 1. The Kier molecular flexibility index (Phi) is 4.43. The van der Waals surface area contributed by atoms with Gasteiger partial charge < -0.3 is 20.3 Å². The van der Waals surface area contributed by atoms with Gasteiger partial charge in [-0.15, -0.1) is 0 Å². The van der Waals surface area contributed by atoms with Crippen LogP contribution in [0.5, 0.6) is 5.75 Å². The van der Waals surface area contributed by atoms with E-state index in [-0.39, 0.29) is 25.5 Å². The third kappa shape index (κ3) is 3.86. The number of carbonyl (C=O) groups excluding carboxylic acids is 1. The lowest BCUT2D eigenvalue weighted by molar-refractivity contribution is 0.118. The molecule has 0 aliphatic heterocycles. The van der Waals surface area contributed by atoms with E-state index in [2.05, 4.69) is 10.1 Å². The summed E-state index contributed by atoms with van der Waals surface area (Å²) in [5.74, 6) is 0.125. The van der Waals surface area contributed by atoms with Gasteiger partial charge in [-0.3, -0.25) is 0 Å². The second-order valence-corrected chi connectivity index (χ2v) is 2.84. The van der Waals surface area contributed by atoms with E-state index in [1.165, 1.54) is 6.07 Å². The van der Waals surface area contributed by atoms with Crippen molar-refractivity contribution >= 4 is 6.09 Å². The van der Waals surface area contributed by atoms with Gasteiger partial charge in [-0.2, -0.15) is 0 Å². The standard InChI is InChI=1S/C10H13NO4/c12-5-6-15-10(14)11-7-8-3-1-2-4-9(8)13/h1-4,12-13H,5-7H2,(H,11,14). The van der Waals surface area contributed by atoms with E-state index in [4.69, 9.17) is 5.11 Å². The van der Waals surface area contributed by atoms with Crippen molar-refractivity contribution in [2.75, 3.05) is 13.2 Å². The maximum absolute atomic E-state index is 11.0. The normalized spacial score (nSPS) is 9.67. The van der Waals surface area contributed by atoms with Gasteiger partial charge in [0.2, 0.25) is 0 Å². The molecule has 0 heterocycles. The molecular weight excluding hydrogens is 198 g/mol. The van der Waals surface area contributed by atoms with Gasteiger partial charge in [0.05, 0.1) is 6.61 Å². The maximum Gasteiger partial charge on any atom is 0.407 e. The van der Waals surface area contributed by atoms with Crippen LogP contribution in [0.3, 0.4) is 0 Å². The number of aromatic hydroxyl groups is 1. The first kappa shape index (κ1) is 11.3.